The first kappa shape index (κ1) is 15.8. The van der Waals surface area contributed by atoms with Gasteiger partial charge in [-0.25, -0.2) is 9.07 Å². The van der Waals surface area contributed by atoms with Crippen molar-refractivity contribution in [2.24, 2.45) is 0 Å². The summed E-state index contributed by atoms with van der Waals surface area (Å²) in [5.41, 5.74) is 0.291. The minimum absolute atomic E-state index is 0.124. The van der Waals surface area contributed by atoms with Crippen molar-refractivity contribution in [1.29, 1.82) is 0 Å². The minimum Gasteiger partial charge on any atom is -0.451 e. The van der Waals surface area contributed by atoms with Gasteiger partial charge in [0, 0.05) is 5.69 Å². The van der Waals surface area contributed by atoms with Crippen LogP contribution >= 0.6 is 11.6 Å². The van der Waals surface area contributed by atoms with Gasteiger partial charge in [-0.15, -0.1) is 5.10 Å². The van der Waals surface area contributed by atoms with E-state index in [1.54, 1.807) is 0 Å². The number of amides is 1. The van der Waals surface area contributed by atoms with Crippen LogP contribution < -0.4 is 5.32 Å². The Bertz CT molecular complexity index is 679. The molecule has 1 N–H and O–H groups in total. The molecular weight excluding hydrogens is 317 g/mol. The van der Waals surface area contributed by atoms with Crippen LogP contribution in [0.5, 0.6) is 0 Å². The Balaban J connectivity index is 1.88. The van der Waals surface area contributed by atoms with Gasteiger partial charge in [0.25, 0.3) is 5.91 Å². The molecule has 116 valence electrons. The lowest BCUT2D eigenvalue weighted by atomic mass is 10.3. The van der Waals surface area contributed by atoms with Crippen LogP contribution in [0, 0.1) is 5.82 Å². The molecule has 8 nitrogen and oxygen atoms in total. The minimum atomic E-state index is -1.05. The standard InChI is InChI=1S/C12H11ClFN5O3/c1-7(22-11(20)5-19-6-15-17-18-19)12(21)16-8-2-3-10(14)9(13)4-8/h2-4,6-7H,5H2,1H3,(H,16,21)/t7-/m0/s1. The van der Waals surface area contributed by atoms with Crippen LogP contribution in [0.2, 0.25) is 5.02 Å². The van der Waals surface area contributed by atoms with E-state index in [0.29, 0.717) is 5.69 Å². The van der Waals surface area contributed by atoms with Crippen molar-refractivity contribution >= 4 is 29.2 Å². The summed E-state index contributed by atoms with van der Waals surface area (Å²) in [5, 5.41) is 12.6. The molecule has 0 bridgehead atoms. The van der Waals surface area contributed by atoms with Gasteiger partial charge in [0.1, 0.15) is 18.7 Å². The Morgan fingerprint density at radius 1 is 1.50 bits per heavy atom. The monoisotopic (exact) mass is 327 g/mol. The molecule has 0 fully saturated rings. The summed E-state index contributed by atoms with van der Waals surface area (Å²) in [4.78, 5) is 23.5. The zero-order valence-corrected chi connectivity index (χ0v) is 12.1. The normalized spacial score (nSPS) is 11.8. The van der Waals surface area contributed by atoms with Gasteiger partial charge in [0.05, 0.1) is 5.02 Å². The highest BCUT2D eigenvalue weighted by Gasteiger charge is 2.18. The lowest BCUT2D eigenvalue weighted by Gasteiger charge is -2.13. The maximum absolute atomic E-state index is 13.0. The molecular formula is C12H11ClFN5O3. The summed E-state index contributed by atoms with van der Waals surface area (Å²) < 4.78 is 19.1. The maximum Gasteiger partial charge on any atom is 0.328 e. The molecule has 1 atom stereocenters. The molecule has 1 heterocycles. The van der Waals surface area contributed by atoms with Crippen LogP contribution in [-0.2, 0) is 20.9 Å². The number of tetrazole rings is 1. The molecule has 0 spiro atoms. The SMILES string of the molecule is C[C@H](OC(=O)Cn1cnnn1)C(=O)Nc1ccc(F)c(Cl)c1. The first-order valence-corrected chi connectivity index (χ1v) is 6.49. The van der Waals surface area contributed by atoms with Crippen molar-refractivity contribution in [2.45, 2.75) is 19.6 Å². The van der Waals surface area contributed by atoms with Crippen molar-refractivity contribution < 1.29 is 18.7 Å². The Morgan fingerprint density at radius 3 is 2.91 bits per heavy atom. The molecule has 1 amide bonds. The van der Waals surface area contributed by atoms with Gasteiger partial charge in [-0.3, -0.25) is 9.59 Å². The number of hydrogen-bond acceptors (Lipinski definition) is 6. The highest BCUT2D eigenvalue weighted by molar-refractivity contribution is 6.31. The predicted molar refractivity (Wildman–Crippen MR) is 73.4 cm³/mol. The molecule has 1 aromatic heterocycles. The number of aromatic nitrogens is 4. The molecule has 0 saturated heterocycles. The number of ether oxygens (including phenoxy) is 1. The number of nitrogens with zero attached hydrogens (tertiary/aromatic N) is 4. The average Bonchev–Trinajstić information content (AvgIpc) is 2.95. The molecule has 22 heavy (non-hydrogen) atoms. The number of carbonyl (C=O) groups excluding carboxylic acids is 2. The van der Waals surface area contributed by atoms with E-state index < -0.39 is 23.8 Å². The van der Waals surface area contributed by atoms with Crippen LogP contribution in [0.4, 0.5) is 10.1 Å². The number of nitrogens with one attached hydrogen (secondary N) is 1. The van der Waals surface area contributed by atoms with Crippen molar-refractivity contribution in [3.05, 3.63) is 35.4 Å². The fraction of sp³-hybridized carbons (Fsp3) is 0.250. The third-order valence-corrected chi connectivity index (χ3v) is 2.84. The molecule has 0 aliphatic rings. The second-order valence-corrected chi connectivity index (χ2v) is 4.66. The third-order valence-electron chi connectivity index (χ3n) is 2.55. The van der Waals surface area contributed by atoms with Crippen LogP contribution in [0.25, 0.3) is 0 Å². The van der Waals surface area contributed by atoms with Crippen LogP contribution in [-0.4, -0.2) is 38.2 Å². The lowest BCUT2D eigenvalue weighted by Crippen LogP contribution is -2.31. The van der Waals surface area contributed by atoms with E-state index in [9.17, 15) is 14.0 Å². The summed E-state index contributed by atoms with van der Waals surface area (Å²) in [6.45, 7) is 1.19. The third kappa shape index (κ3) is 4.22. The van der Waals surface area contributed by atoms with E-state index in [2.05, 4.69) is 20.8 Å². The summed E-state index contributed by atoms with van der Waals surface area (Å²) in [7, 11) is 0. The van der Waals surface area contributed by atoms with Crippen molar-refractivity contribution in [3.8, 4) is 0 Å². The van der Waals surface area contributed by atoms with E-state index in [-0.39, 0.29) is 11.6 Å². The number of carbonyl (C=O) groups is 2. The molecule has 2 aromatic rings. The van der Waals surface area contributed by atoms with Gasteiger partial charge < -0.3 is 10.1 Å². The van der Waals surface area contributed by atoms with Crippen molar-refractivity contribution in [1.82, 2.24) is 20.2 Å². The first-order chi connectivity index (χ1) is 10.5. The Kier molecular flexibility index (Phi) is 4.99. The number of halogens is 2. The van der Waals surface area contributed by atoms with Crippen molar-refractivity contribution in [2.75, 3.05) is 5.32 Å². The summed E-state index contributed by atoms with van der Waals surface area (Å²) >= 11 is 5.61. The fourth-order valence-electron chi connectivity index (χ4n) is 1.49. The molecule has 0 aliphatic heterocycles. The lowest BCUT2D eigenvalue weighted by molar-refractivity contribution is -0.153. The van der Waals surface area contributed by atoms with Gasteiger partial charge in [-0.1, -0.05) is 11.6 Å². The van der Waals surface area contributed by atoms with Crippen LogP contribution in [0.3, 0.4) is 0 Å². The van der Waals surface area contributed by atoms with Gasteiger partial charge in [0.2, 0.25) is 0 Å². The van der Waals surface area contributed by atoms with E-state index in [0.717, 1.165) is 10.7 Å². The van der Waals surface area contributed by atoms with E-state index in [1.165, 1.54) is 25.4 Å². The van der Waals surface area contributed by atoms with Gasteiger partial charge in [0.15, 0.2) is 6.10 Å². The smallest absolute Gasteiger partial charge is 0.328 e. The van der Waals surface area contributed by atoms with Gasteiger partial charge in [-0.05, 0) is 35.5 Å². The number of hydrogen-bond donors (Lipinski definition) is 1. The molecule has 10 heteroatoms. The highest BCUT2D eigenvalue weighted by Crippen LogP contribution is 2.19. The highest BCUT2D eigenvalue weighted by atomic mass is 35.5. The van der Waals surface area contributed by atoms with Crippen molar-refractivity contribution in [3.63, 3.8) is 0 Å². The number of esters is 1. The zero-order valence-electron chi connectivity index (χ0n) is 11.4. The van der Waals surface area contributed by atoms with Gasteiger partial charge in [-0.2, -0.15) is 0 Å². The summed E-state index contributed by atoms with van der Waals surface area (Å²) in [5.74, 6) is -1.85. The topological polar surface area (TPSA) is 99.0 Å². The second kappa shape index (κ2) is 6.94. The van der Waals surface area contributed by atoms with Crippen LogP contribution in [0.15, 0.2) is 24.5 Å². The van der Waals surface area contributed by atoms with Crippen LogP contribution in [0.1, 0.15) is 6.92 Å². The zero-order chi connectivity index (χ0) is 16.1. The summed E-state index contributed by atoms with van der Waals surface area (Å²) in [6.07, 6.45) is 0.194. The Labute approximate surface area is 129 Å². The van der Waals surface area contributed by atoms with E-state index in [4.69, 9.17) is 16.3 Å². The molecule has 0 saturated carbocycles. The van der Waals surface area contributed by atoms with Gasteiger partial charge >= 0.3 is 5.97 Å². The second-order valence-electron chi connectivity index (χ2n) is 4.26. The maximum atomic E-state index is 13.0. The Morgan fingerprint density at radius 2 is 2.27 bits per heavy atom. The summed E-state index contributed by atoms with van der Waals surface area (Å²) in [6, 6.07) is 3.71. The molecule has 0 aliphatic carbocycles. The first-order valence-electron chi connectivity index (χ1n) is 6.12. The molecule has 2 rings (SSSR count). The van der Waals surface area contributed by atoms with E-state index in [1.807, 2.05) is 0 Å². The largest absolute Gasteiger partial charge is 0.451 e. The molecule has 0 radical (unpaired) electrons. The molecule has 1 aromatic carbocycles. The number of rotatable bonds is 5. The number of anilines is 1. The van der Waals surface area contributed by atoms with E-state index >= 15 is 0 Å². The molecule has 0 unspecified atom stereocenters. The predicted octanol–water partition coefficient (Wildman–Crippen LogP) is 1.04. The number of benzene rings is 1. The Hall–Kier alpha value is -2.55. The average molecular weight is 328 g/mol. The quantitative estimate of drug-likeness (QED) is 0.824. The fourth-order valence-corrected chi connectivity index (χ4v) is 1.67.